The highest BCUT2D eigenvalue weighted by molar-refractivity contribution is 5.05. The first-order valence-corrected chi connectivity index (χ1v) is 8.45. The molecule has 0 aromatic rings. The van der Waals surface area contributed by atoms with E-state index in [2.05, 4.69) is 44.8 Å². The lowest BCUT2D eigenvalue weighted by molar-refractivity contribution is 0.0141. The Bertz CT molecular complexity index is 285. The minimum Gasteiger partial charge on any atom is -0.311 e. The number of piperazine rings is 1. The Labute approximate surface area is 120 Å². The molecule has 1 aliphatic heterocycles. The zero-order valence-corrected chi connectivity index (χ0v) is 13.7. The lowest BCUT2D eigenvalue weighted by Crippen LogP contribution is -2.66. The van der Waals surface area contributed by atoms with Crippen LogP contribution in [0.1, 0.15) is 60.3 Å². The molecule has 2 rings (SSSR count). The summed E-state index contributed by atoms with van der Waals surface area (Å²) >= 11 is 0. The molecule has 1 N–H and O–H groups in total. The summed E-state index contributed by atoms with van der Waals surface area (Å²) < 4.78 is 0. The topological polar surface area (TPSA) is 15.3 Å². The van der Waals surface area contributed by atoms with E-state index in [0.717, 1.165) is 17.8 Å². The molecule has 0 aromatic carbocycles. The molecular formula is C17H34N2. The van der Waals surface area contributed by atoms with Crippen LogP contribution >= 0.6 is 0 Å². The van der Waals surface area contributed by atoms with E-state index in [4.69, 9.17) is 0 Å². The standard InChI is InChI=1S/C17H34N2/c1-6-7-14(4)10-19-11-16(13(2)3)18-12-17(19,5)15-8-9-15/h13-16,18H,6-12H2,1-5H3. The van der Waals surface area contributed by atoms with Crippen molar-refractivity contribution in [1.29, 1.82) is 0 Å². The van der Waals surface area contributed by atoms with E-state index >= 15 is 0 Å². The quantitative estimate of drug-likeness (QED) is 0.791. The summed E-state index contributed by atoms with van der Waals surface area (Å²) in [4.78, 5) is 2.84. The zero-order chi connectivity index (χ0) is 14.0. The molecule has 0 spiro atoms. The van der Waals surface area contributed by atoms with Crippen molar-refractivity contribution in [2.75, 3.05) is 19.6 Å². The molecule has 1 saturated heterocycles. The van der Waals surface area contributed by atoms with Gasteiger partial charge in [-0.1, -0.05) is 34.1 Å². The highest BCUT2D eigenvalue weighted by atomic mass is 15.3. The van der Waals surface area contributed by atoms with Crippen LogP contribution < -0.4 is 5.32 Å². The Morgan fingerprint density at radius 1 is 1.26 bits per heavy atom. The third-order valence-electron chi connectivity index (χ3n) is 5.44. The fourth-order valence-corrected chi connectivity index (χ4v) is 3.76. The maximum Gasteiger partial charge on any atom is 0.0334 e. The number of hydrogen-bond acceptors (Lipinski definition) is 2. The molecule has 3 unspecified atom stereocenters. The predicted molar refractivity (Wildman–Crippen MR) is 83.4 cm³/mol. The van der Waals surface area contributed by atoms with Crippen LogP contribution in [0.15, 0.2) is 0 Å². The van der Waals surface area contributed by atoms with Crippen LogP contribution in [-0.4, -0.2) is 36.1 Å². The average Bonchev–Trinajstić information content (AvgIpc) is 3.16. The number of hydrogen-bond donors (Lipinski definition) is 1. The second kappa shape index (κ2) is 6.13. The van der Waals surface area contributed by atoms with E-state index in [1.807, 2.05) is 0 Å². The van der Waals surface area contributed by atoms with Crippen LogP contribution in [0, 0.1) is 17.8 Å². The van der Waals surface area contributed by atoms with Crippen molar-refractivity contribution in [1.82, 2.24) is 10.2 Å². The van der Waals surface area contributed by atoms with Gasteiger partial charge in [0, 0.05) is 31.2 Å². The first-order valence-electron chi connectivity index (χ1n) is 8.45. The second-order valence-electron chi connectivity index (χ2n) is 7.66. The second-order valence-corrected chi connectivity index (χ2v) is 7.66. The number of nitrogens with one attached hydrogen (secondary N) is 1. The van der Waals surface area contributed by atoms with Crippen LogP contribution in [0.2, 0.25) is 0 Å². The fraction of sp³-hybridized carbons (Fsp3) is 1.00. The Morgan fingerprint density at radius 3 is 2.47 bits per heavy atom. The third-order valence-corrected chi connectivity index (χ3v) is 5.44. The minimum absolute atomic E-state index is 0.424. The van der Waals surface area contributed by atoms with Crippen LogP contribution in [0.3, 0.4) is 0 Å². The van der Waals surface area contributed by atoms with Crippen molar-refractivity contribution in [2.45, 2.75) is 71.9 Å². The normalized spacial score (nSPS) is 34.7. The summed E-state index contributed by atoms with van der Waals surface area (Å²) in [5, 5.41) is 3.82. The van der Waals surface area contributed by atoms with Crippen molar-refractivity contribution in [3.8, 4) is 0 Å². The van der Waals surface area contributed by atoms with Crippen LogP contribution in [-0.2, 0) is 0 Å². The van der Waals surface area contributed by atoms with Crippen LogP contribution in [0.4, 0.5) is 0 Å². The largest absolute Gasteiger partial charge is 0.311 e. The Balaban J connectivity index is 2.02. The third kappa shape index (κ3) is 3.52. The molecule has 112 valence electrons. The molecule has 3 atom stereocenters. The maximum atomic E-state index is 3.82. The van der Waals surface area contributed by atoms with E-state index < -0.39 is 0 Å². The fourth-order valence-electron chi connectivity index (χ4n) is 3.76. The van der Waals surface area contributed by atoms with Gasteiger partial charge in [0.25, 0.3) is 0 Å². The molecule has 1 aliphatic carbocycles. The summed E-state index contributed by atoms with van der Waals surface area (Å²) in [6.45, 7) is 15.7. The highest BCUT2D eigenvalue weighted by Crippen LogP contribution is 2.44. The first-order chi connectivity index (χ1) is 8.97. The predicted octanol–water partition coefficient (Wildman–Crippen LogP) is 3.52. The van der Waals surface area contributed by atoms with Crippen LogP contribution in [0.25, 0.3) is 0 Å². The van der Waals surface area contributed by atoms with Gasteiger partial charge < -0.3 is 5.32 Å². The summed E-state index contributed by atoms with van der Waals surface area (Å²) in [5.74, 6) is 2.53. The molecule has 0 radical (unpaired) electrons. The van der Waals surface area contributed by atoms with Crippen molar-refractivity contribution < 1.29 is 0 Å². The molecule has 1 saturated carbocycles. The maximum absolute atomic E-state index is 3.82. The van der Waals surface area contributed by atoms with Gasteiger partial charge in [-0.15, -0.1) is 0 Å². The Morgan fingerprint density at radius 2 is 1.95 bits per heavy atom. The van der Waals surface area contributed by atoms with Crippen molar-refractivity contribution in [2.24, 2.45) is 17.8 Å². The molecule has 0 bridgehead atoms. The first kappa shape index (κ1) is 15.3. The van der Waals surface area contributed by atoms with Crippen LogP contribution in [0.5, 0.6) is 0 Å². The molecule has 19 heavy (non-hydrogen) atoms. The van der Waals surface area contributed by atoms with Gasteiger partial charge in [0.15, 0.2) is 0 Å². The molecule has 0 aromatic heterocycles. The van der Waals surface area contributed by atoms with Gasteiger partial charge in [-0.05, 0) is 43.9 Å². The van der Waals surface area contributed by atoms with Crippen molar-refractivity contribution in [3.63, 3.8) is 0 Å². The SMILES string of the molecule is CCCC(C)CN1CC(C(C)C)NCC1(C)C1CC1. The number of nitrogens with zero attached hydrogens (tertiary/aromatic N) is 1. The smallest absolute Gasteiger partial charge is 0.0334 e. The van der Waals surface area contributed by atoms with E-state index in [-0.39, 0.29) is 0 Å². The van der Waals surface area contributed by atoms with Crippen molar-refractivity contribution in [3.05, 3.63) is 0 Å². The summed E-state index contributed by atoms with van der Waals surface area (Å²) in [7, 11) is 0. The summed E-state index contributed by atoms with van der Waals surface area (Å²) in [6, 6.07) is 0.681. The summed E-state index contributed by atoms with van der Waals surface area (Å²) in [6.07, 6.45) is 5.59. The Kier molecular flexibility index (Phi) is 4.94. The molecule has 2 heteroatoms. The molecule has 2 fully saturated rings. The molecular weight excluding hydrogens is 232 g/mol. The summed E-state index contributed by atoms with van der Waals surface area (Å²) in [5.41, 5.74) is 0.424. The molecule has 2 aliphatic rings. The van der Waals surface area contributed by atoms with Gasteiger partial charge in [-0.2, -0.15) is 0 Å². The van der Waals surface area contributed by atoms with Gasteiger partial charge in [0.05, 0.1) is 0 Å². The highest BCUT2D eigenvalue weighted by Gasteiger charge is 2.48. The molecule has 0 amide bonds. The van der Waals surface area contributed by atoms with Gasteiger partial charge in [-0.25, -0.2) is 0 Å². The van der Waals surface area contributed by atoms with E-state index in [1.54, 1.807) is 0 Å². The average molecular weight is 266 g/mol. The lowest BCUT2D eigenvalue weighted by atomic mass is 9.86. The lowest BCUT2D eigenvalue weighted by Gasteiger charge is -2.50. The van der Waals surface area contributed by atoms with E-state index in [0.29, 0.717) is 11.6 Å². The minimum atomic E-state index is 0.424. The zero-order valence-electron chi connectivity index (χ0n) is 13.7. The van der Waals surface area contributed by atoms with Crippen molar-refractivity contribution >= 4 is 0 Å². The Hall–Kier alpha value is -0.0800. The van der Waals surface area contributed by atoms with Gasteiger partial charge in [0.1, 0.15) is 0 Å². The van der Waals surface area contributed by atoms with Gasteiger partial charge in [0.2, 0.25) is 0 Å². The molecule has 2 nitrogen and oxygen atoms in total. The van der Waals surface area contributed by atoms with E-state index in [1.165, 1.54) is 45.3 Å². The van der Waals surface area contributed by atoms with E-state index in [9.17, 15) is 0 Å². The monoisotopic (exact) mass is 266 g/mol. The molecule has 1 heterocycles. The number of rotatable bonds is 6. The van der Waals surface area contributed by atoms with Gasteiger partial charge in [-0.3, -0.25) is 4.90 Å². The van der Waals surface area contributed by atoms with Gasteiger partial charge >= 0.3 is 0 Å².